The molecular weight excluding hydrogens is 493 g/mol. The summed E-state index contributed by atoms with van der Waals surface area (Å²) in [4.78, 5) is 28.3. The molecular formula is C28H38FN3O4S. The van der Waals surface area contributed by atoms with Crippen molar-refractivity contribution < 1.29 is 22.4 Å². The molecule has 0 radical (unpaired) electrons. The van der Waals surface area contributed by atoms with Gasteiger partial charge in [0.05, 0.1) is 11.9 Å². The van der Waals surface area contributed by atoms with Gasteiger partial charge in [-0.05, 0) is 49.8 Å². The van der Waals surface area contributed by atoms with Crippen LogP contribution in [-0.4, -0.2) is 56.6 Å². The number of nitrogens with zero attached hydrogens (tertiary/aromatic N) is 2. The molecule has 3 rings (SSSR count). The number of rotatable bonds is 13. The van der Waals surface area contributed by atoms with Gasteiger partial charge in [0.2, 0.25) is 21.8 Å². The molecule has 202 valence electrons. The van der Waals surface area contributed by atoms with Crippen LogP contribution in [0.25, 0.3) is 0 Å². The smallest absolute Gasteiger partial charge is 0.243 e. The fraction of sp³-hybridized carbons (Fsp3) is 0.500. The lowest BCUT2D eigenvalue weighted by Crippen LogP contribution is -2.52. The van der Waals surface area contributed by atoms with E-state index in [-0.39, 0.29) is 42.9 Å². The second-order valence-electron chi connectivity index (χ2n) is 9.63. The van der Waals surface area contributed by atoms with Crippen LogP contribution in [0.15, 0.2) is 54.6 Å². The molecule has 1 fully saturated rings. The second kappa shape index (κ2) is 13.6. The second-order valence-corrected chi connectivity index (χ2v) is 11.5. The quantitative estimate of drug-likeness (QED) is 0.418. The first-order chi connectivity index (χ1) is 17.7. The number of hydrogen-bond acceptors (Lipinski definition) is 4. The number of nitrogens with one attached hydrogen (secondary N) is 1. The molecule has 0 heterocycles. The van der Waals surface area contributed by atoms with Crippen LogP contribution >= 0.6 is 0 Å². The van der Waals surface area contributed by atoms with E-state index >= 15 is 0 Å². The van der Waals surface area contributed by atoms with Gasteiger partial charge in [-0.3, -0.25) is 13.9 Å². The van der Waals surface area contributed by atoms with Crippen molar-refractivity contribution in [2.75, 3.05) is 23.7 Å². The standard InChI is InChI=1S/C28H38FN3O4S/c1-3-25(28(34)30-23-14-7-8-15-23)31(21-19-22-12-5-4-6-13-22)27(33)18-11-20-32(37(2,35)36)26-17-10-9-16-24(26)29/h4-6,9-10,12-13,16-17,23,25H,3,7-8,11,14-15,18-21H2,1-2H3,(H,30,34). The molecule has 0 aromatic heterocycles. The van der Waals surface area contributed by atoms with Crippen LogP contribution in [-0.2, 0) is 26.0 Å². The van der Waals surface area contributed by atoms with E-state index in [0.717, 1.165) is 41.8 Å². The molecule has 1 aliphatic rings. The van der Waals surface area contributed by atoms with Crippen molar-refractivity contribution in [2.45, 2.75) is 70.4 Å². The topological polar surface area (TPSA) is 86.8 Å². The molecule has 1 aliphatic carbocycles. The fourth-order valence-electron chi connectivity index (χ4n) is 4.90. The van der Waals surface area contributed by atoms with Crippen molar-refractivity contribution in [1.29, 1.82) is 0 Å². The van der Waals surface area contributed by atoms with Gasteiger partial charge in [0.15, 0.2) is 0 Å². The molecule has 37 heavy (non-hydrogen) atoms. The van der Waals surface area contributed by atoms with E-state index in [1.165, 1.54) is 18.2 Å². The number of carbonyl (C=O) groups excluding carboxylic acids is 2. The van der Waals surface area contributed by atoms with E-state index in [0.29, 0.717) is 19.4 Å². The highest BCUT2D eigenvalue weighted by molar-refractivity contribution is 7.92. The number of hydrogen-bond donors (Lipinski definition) is 1. The molecule has 0 bridgehead atoms. The Bertz CT molecular complexity index is 1140. The largest absolute Gasteiger partial charge is 0.352 e. The molecule has 1 saturated carbocycles. The third-order valence-electron chi connectivity index (χ3n) is 6.85. The number of halogens is 1. The summed E-state index contributed by atoms with van der Waals surface area (Å²) in [6.07, 6.45) is 6.44. The summed E-state index contributed by atoms with van der Waals surface area (Å²) >= 11 is 0. The molecule has 7 nitrogen and oxygen atoms in total. The minimum atomic E-state index is -3.75. The first-order valence-corrected chi connectivity index (χ1v) is 14.9. The number of anilines is 1. The number of amides is 2. The molecule has 0 saturated heterocycles. The van der Waals surface area contributed by atoms with Crippen molar-refractivity contribution >= 4 is 27.5 Å². The molecule has 0 spiro atoms. The third kappa shape index (κ3) is 8.28. The normalized spacial score (nSPS) is 14.8. The summed E-state index contributed by atoms with van der Waals surface area (Å²) in [5.74, 6) is -0.996. The summed E-state index contributed by atoms with van der Waals surface area (Å²) in [5, 5.41) is 3.12. The number of para-hydroxylation sites is 1. The molecule has 0 aliphatic heterocycles. The van der Waals surface area contributed by atoms with Gasteiger partial charge in [-0.2, -0.15) is 0 Å². The monoisotopic (exact) mass is 531 g/mol. The summed E-state index contributed by atoms with van der Waals surface area (Å²) in [6.45, 7) is 2.23. The summed E-state index contributed by atoms with van der Waals surface area (Å²) < 4.78 is 40.1. The van der Waals surface area contributed by atoms with Crippen molar-refractivity contribution in [2.24, 2.45) is 0 Å². The van der Waals surface area contributed by atoms with Gasteiger partial charge in [-0.1, -0.05) is 62.2 Å². The average Bonchev–Trinajstić information content (AvgIpc) is 3.37. The lowest BCUT2D eigenvalue weighted by Gasteiger charge is -2.32. The lowest BCUT2D eigenvalue weighted by atomic mass is 10.1. The van der Waals surface area contributed by atoms with Crippen molar-refractivity contribution in [3.05, 3.63) is 66.0 Å². The number of carbonyl (C=O) groups is 2. The molecule has 2 aromatic carbocycles. The Morgan fingerprint density at radius 1 is 1.03 bits per heavy atom. The lowest BCUT2D eigenvalue weighted by molar-refractivity contribution is -0.141. The van der Waals surface area contributed by atoms with Gasteiger partial charge < -0.3 is 10.2 Å². The molecule has 2 amide bonds. The van der Waals surface area contributed by atoms with Crippen LogP contribution in [0.1, 0.15) is 57.4 Å². The SMILES string of the molecule is CCC(C(=O)NC1CCCC1)N(CCc1ccccc1)C(=O)CCCN(c1ccccc1F)S(C)(=O)=O. The molecule has 2 aromatic rings. The van der Waals surface area contributed by atoms with Gasteiger partial charge in [0, 0.05) is 25.6 Å². The molecule has 9 heteroatoms. The van der Waals surface area contributed by atoms with Crippen LogP contribution < -0.4 is 9.62 Å². The Hall–Kier alpha value is -2.94. The summed E-state index contributed by atoms with van der Waals surface area (Å²) in [7, 11) is -3.75. The van der Waals surface area contributed by atoms with Gasteiger partial charge in [0.25, 0.3) is 0 Å². The maximum Gasteiger partial charge on any atom is 0.243 e. The Balaban J connectivity index is 1.71. The predicted molar refractivity (Wildman–Crippen MR) is 144 cm³/mol. The third-order valence-corrected chi connectivity index (χ3v) is 8.02. The number of sulfonamides is 1. The maximum absolute atomic E-state index is 14.3. The van der Waals surface area contributed by atoms with E-state index in [4.69, 9.17) is 0 Å². The molecule has 1 unspecified atom stereocenters. The fourth-order valence-corrected chi connectivity index (χ4v) is 5.87. The zero-order valence-corrected chi connectivity index (χ0v) is 22.6. The highest BCUT2D eigenvalue weighted by Gasteiger charge is 2.30. The Morgan fingerprint density at radius 3 is 2.30 bits per heavy atom. The van der Waals surface area contributed by atoms with Crippen LogP contribution in [0.4, 0.5) is 10.1 Å². The maximum atomic E-state index is 14.3. The highest BCUT2D eigenvalue weighted by Crippen LogP contribution is 2.23. The Morgan fingerprint density at radius 2 is 1.68 bits per heavy atom. The Kier molecular flexibility index (Phi) is 10.5. The number of benzene rings is 2. The van der Waals surface area contributed by atoms with Crippen molar-refractivity contribution in [3.63, 3.8) is 0 Å². The van der Waals surface area contributed by atoms with Crippen LogP contribution in [0.5, 0.6) is 0 Å². The zero-order valence-electron chi connectivity index (χ0n) is 21.7. The summed E-state index contributed by atoms with van der Waals surface area (Å²) in [6, 6.07) is 15.0. The first-order valence-electron chi connectivity index (χ1n) is 13.1. The Labute approximate surface area is 220 Å². The van der Waals surface area contributed by atoms with Crippen LogP contribution in [0.3, 0.4) is 0 Å². The van der Waals surface area contributed by atoms with Gasteiger partial charge >= 0.3 is 0 Å². The van der Waals surface area contributed by atoms with E-state index in [2.05, 4.69) is 5.32 Å². The molecule has 1 atom stereocenters. The van der Waals surface area contributed by atoms with Gasteiger partial charge in [-0.15, -0.1) is 0 Å². The predicted octanol–water partition coefficient (Wildman–Crippen LogP) is 4.28. The van der Waals surface area contributed by atoms with E-state index in [1.807, 2.05) is 37.3 Å². The summed E-state index contributed by atoms with van der Waals surface area (Å²) in [5.41, 5.74) is 1.02. The minimum Gasteiger partial charge on any atom is -0.352 e. The van der Waals surface area contributed by atoms with Crippen LogP contribution in [0, 0.1) is 5.82 Å². The minimum absolute atomic E-state index is 0.0386. The van der Waals surface area contributed by atoms with Crippen LogP contribution in [0.2, 0.25) is 0 Å². The van der Waals surface area contributed by atoms with E-state index < -0.39 is 21.9 Å². The van der Waals surface area contributed by atoms with Gasteiger partial charge in [0.1, 0.15) is 11.9 Å². The van der Waals surface area contributed by atoms with Gasteiger partial charge in [-0.25, -0.2) is 12.8 Å². The van der Waals surface area contributed by atoms with E-state index in [1.54, 1.807) is 11.0 Å². The highest BCUT2D eigenvalue weighted by atomic mass is 32.2. The molecule has 1 N–H and O–H groups in total. The zero-order chi connectivity index (χ0) is 26.8. The van der Waals surface area contributed by atoms with E-state index in [9.17, 15) is 22.4 Å². The average molecular weight is 532 g/mol. The van der Waals surface area contributed by atoms with Crippen molar-refractivity contribution in [3.8, 4) is 0 Å². The van der Waals surface area contributed by atoms with Crippen molar-refractivity contribution in [1.82, 2.24) is 10.2 Å². The first kappa shape index (κ1) is 28.6.